The van der Waals surface area contributed by atoms with Gasteiger partial charge in [-0.3, -0.25) is 9.80 Å². The maximum Gasteiger partial charge on any atom is 0.180 e. The third-order valence-corrected chi connectivity index (χ3v) is 8.13. The Labute approximate surface area is 153 Å². The smallest absolute Gasteiger partial charge is 0.180 e. The zero-order valence-electron chi connectivity index (χ0n) is 16.0. The topological polar surface area (TPSA) is 40.6 Å². The summed E-state index contributed by atoms with van der Waals surface area (Å²) < 4.78 is 24.8. The molecule has 0 aromatic heterocycles. The Hall–Kier alpha value is -0.910. The lowest BCUT2D eigenvalue weighted by molar-refractivity contribution is -0.0633. The number of benzene rings is 1. The first-order valence-corrected chi connectivity index (χ1v) is 11.1. The third kappa shape index (κ3) is 3.93. The highest BCUT2D eigenvalue weighted by Gasteiger charge is 2.45. The summed E-state index contributed by atoms with van der Waals surface area (Å²) in [6.45, 7) is 13.6. The van der Waals surface area contributed by atoms with E-state index in [1.54, 1.807) is 19.9 Å². The van der Waals surface area contributed by atoms with E-state index in [0.717, 1.165) is 25.2 Å². The van der Waals surface area contributed by atoms with Crippen molar-refractivity contribution in [3.63, 3.8) is 0 Å². The van der Waals surface area contributed by atoms with Crippen LogP contribution in [0, 0.1) is 5.41 Å². The standard InChI is InChI=1S/C20H32N2O2S/c1-16(2)22-14-20(15-22)8-10-21(11-9-20)13-18-6-5-7-19(12-18)25(23,24)17(3)4/h5-7,12,16-17H,8-11,13-15H2,1-4H3. The van der Waals surface area contributed by atoms with E-state index in [0.29, 0.717) is 16.4 Å². The van der Waals surface area contributed by atoms with Crippen LogP contribution in [0.1, 0.15) is 46.1 Å². The molecule has 4 nitrogen and oxygen atoms in total. The number of piperidine rings is 1. The normalized spacial score (nSPS) is 21.8. The molecule has 3 rings (SSSR count). The van der Waals surface area contributed by atoms with E-state index in [2.05, 4.69) is 23.6 Å². The van der Waals surface area contributed by atoms with Crippen LogP contribution in [0.5, 0.6) is 0 Å². The summed E-state index contributed by atoms with van der Waals surface area (Å²) in [5.41, 5.74) is 1.65. The summed E-state index contributed by atoms with van der Waals surface area (Å²) >= 11 is 0. The summed E-state index contributed by atoms with van der Waals surface area (Å²) in [6, 6.07) is 8.17. The second-order valence-corrected chi connectivity index (χ2v) is 11.0. The van der Waals surface area contributed by atoms with Crippen molar-refractivity contribution in [2.45, 2.75) is 63.3 Å². The van der Waals surface area contributed by atoms with Crippen molar-refractivity contribution in [2.24, 2.45) is 5.41 Å². The molecular weight excluding hydrogens is 332 g/mol. The van der Waals surface area contributed by atoms with Crippen LogP contribution in [-0.4, -0.2) is 55.7 Å². The molecule has 2 fully saturated rings. The van der Waals surface area contributed by atoms with Crippen molar-refractivity contribution >= 4 is 9.84 Å². The predicted molar refractivity (Wildman–Crippen MR) is 102 cm³/mol. The Kier molecular flexibility index (Phi) is 5.29. The van der Waals surface area contributed by atoms with Gasteiger partial charge in [-0.1, -0.05) is 12.1 Å². The quantitative estimate of drug-likeness (QED) is 0.805. The lowest BCUT2D eigenvalue weighted by Crippen LogP contribution is -2.61. The molecule has 2 saturated heterocycles. The molecule has 0 saturated carbocycles. The molecular formula is C20H32N2O2S. The van der Waals surface area contributed by atoms with Crippen molar-refractivity contribution in [3.05, 3.63) is 29.8 Å². The first kappa shape index (κ1) is 18.9. The molecule has 5 heteroatoms. The predicted octanol–water partition coefficient (Wildman–Crippen LogP) is 3.17. The van der Waals surface area contributed by atoms with Gasteiger partial charge in [0.2, 0.25) is 0 Å². The van der Waals surface area contributed by atoms with Gasteiger partial charge in [0.05, 0.1) is 10.1 Å². The fraction of sp³-hybridized carbons (Fsp3) is 0.700. The van der Waals surface area contributed by atoms with Crippen LogP contribution < -0.4 is 0 Å². The molecule has 25 heavy (non-hydrogen) atoms. The molecule has 1 aromatic rings. The molecule has 1 spiro atoms. The average Bonchev–Trinajstić information content (AvgIpc) is 2.53. The molecule has 0 unspecified atom stereocenters. The van der Waals surface area contributed by atoms with Crippen LogP contribution in [0.25, 0.3) is 0 Å². The van der Waals surface area contributed by atoms with E-state index < -0.39 is 9.84 Å². The molecule has 0 N–H and O–H groups in total. The van der Waals surface area contributed by atoms with E-state index in [9.17, 15) is 8.42 Å². The second-order valence-electron chi connectivity index (χ2n) is 8.52. The summed E-state index contributed by atoms with van der Waals surface area (Å²) in [4.78, 5) is 5.50. The number of hydrogen-bond acceptors (Lipinski definition) is 4. The minimum Gasteiger partial charge on any atom is -0.300 e. The van der Waals surface area contributed by atoms with Gasteiger partial charge in [-0.15, -0.1) is 0 Å². The van der Waals surface area contributed by atoms with Crippen LogP contribution in [0.15, 0.2) is 29.2 Å². The lowest BCUT2D eigenvalue weighted by Gasteiger charge is -2.55. The van der Waals surface area contributed by atoms with E-state index in [1.165, 1.54) is 25.9 Å². The number of sulfone groups is 1. The van der Waals surface area contributed by atoms with Crippen LogP contribution in [-0.2, 0) is 16.4 Å². The van der Waals surface area contributed by atoms with Gasteiger partial charge in [-0.25, -0.2) is 8.42 Å². The molecule has 2 aliphatic rings. The fourth-order valence-electron chi connectivity index (χ4n) is 4.03. The molecule has 0 bridgehead atoms. The Morgan fingerprint density at radius 2 is 1.72 bits per heavy atom. The van der Waals surface area contributed by atoms with Crippen molar-refractivity contribution in [1.29, 1.82) is 0 Å². The molecule has 2 heterocycles. The van der Waals surface area contributed by atoms with E-state index in [-0.39, 0.29) is 5.25 Å². The van der Waals surface area contributed by atoms with Gasteiger partial charge in [0.25, 0.3) is 0 Å². The van der Waals surface area contributed by atoms with Crippen LogP contribution in [0.3, 0.4) is 0 Å². The second kappa shape index (κ2) is 7.01. The van der Waals surface area contributed by atoms with Crippen LogP contribution >= 0.6 is 0 Å². The maximum atomic E-state index is 12.4. The number of likely N-dealkylation sites (tertiary alicyclic amines) is 2. The summed E-state index contributed by atoms with van der Waals surface area (Å²) in [5.74, 6) is 0. The Morgan fingerprint density at radius 3 is 2.28 bits per heavy atom. The van der Waals surface area contributed by atoms with Gasteiger partial charge < -0.3 is 0 Å². The first-order chi connectivity index (χ1) is 11.7. The highest BCUT2D eigenvalue weighted by Crippen LogP contribution is 2.41. The fourth-order valence-corrected chi connectivity index (χ4v) is 5.16. The summed E-state index contributed by atoms with van der Waals surface area (Å²) in [5, 5.41) is -0.375. The molecule has 0 radical (unpaired) electrons. The minimum absolute atomic E-state index is 0.375. The highest BCUT2D eigenvalue weighted by atomic mass is 32.2. The zero-order chi connectivity index (χ0) is 18.2. The van der Waals surface area contributed by atoms with Crippen LogP contribution in [0.2, 0.25) is 0 Å². The largest absolute Gasteiger partial charge is 0.300 e. The number of rotatable bonds is 5. The van der Waals surface area contributed by atoms with Gasteiger partial charge >= 0.3 is 0 Å². The van der Waals surface area contributed by atoms with E-state index >= 15 is 0 Å². The lowest BCUT2D eigenvalue weighted by atomic mass is 9.71. The SMILES string of the molecule is CC(C)N1CC2(CCN(Cc3cccc(S(=O)(=O)C(C)C)c3)CC2)C1. The molecule has 0 amide bonds. The molecule has 0 aliphatic carbocycles. The van der Waals surface area contributed by atoms with Gasteiger partial charge in [0.15, 0.2) is 9.84 Å². The molecule has 2 aliphatic heterocycles. The van der Waals surface area contributed by atoms with E-state index in [1.807, 2.05) is 18.2 Å². The first-order valence-electron chi connectivity index (χ1n) is 9.51. The van der Waals surface area contributed by atoms with Gasteiger partial charge in [0.1, 0.15) is 0 Å². The minimum atomic E-state index is -3.19. The number of nitrogens with zero attached hydrogens (tertiary/aromatic N) is 2. The van der Waals surface area contributed by atoms with Gasteiger partial charge in [-0.05, 0) is 76.7 Å². The average molecular weight is 365 g/mol. The Morgan fingerprint density at radius 1 is 1.08 bits per heavy atom. The van der Waals surface area contributed by atoms with Gasteiger partial charge in [0, 0.05) is 25.7 Å². The van der Waals surface area contributed by atoms with Gasteiger partial charge in [-0.2, -0.15) is 0 Å². The van der Waals surface area contributed by atoms with Crippen molar-refractivity contribution in [2.75, 3.05) is 26.2 Å². The maximum absolute atomic E-state index is 12.4. The zero-order valence-corrected chi connectivity index (χ0v) is 16.8. The van der Waals surface area contributed by atoms with E-state index in [4.69, 9.17) is 0 Å². The monoisotopic (exact) mass is 364 g/mol. The number of hydrogen-bond donors (Lipinski definition) is 0. The molecule has 1 aromatic carbocycles. The Balaban J connectivity index is 1.58. The van der Waals surface area contributed by atoms with Crippen molar-refractivity contribution in [3.8, 4) is 0 Å². The highest BCUT2D eigenvalue weighted by molar-refractivity contribution is 7.92. The van der Waals surface area contributed by atoms with Crippen LogP contribution in [0.4, 0.5) is 0 Å². The Bertz CT molecular complexity index is 696. The molecule has 0 atom stereocenters. The summed E-state index contributed by atoms with van der Waals surface area (Å²) in [6.07, 6.45) is 2.53. The van der Waals surface area contributed by atoms with Crippen molar-refractivity contribution < 1.29 is 8.42 Å². The summed E-state index contributed by atoms with van der Waals surface area (Å²) in [7, 11) is -3.19. The van der Waals surface area contributed by atoms with Crippen molar-refractivity contribution in [1.82, 2.24) is 9.80 Å². The molecule has 140 valence electrons. The third-order valence-electron chi connectivity index (χ3n) is 5.98.